The molecule has 2 aliphatic rings. The van der Waals surface area contributed by atoms with Crippen molar-refractivity contribution in [2.24, 2.45) is 0 Å². The van der Waals surface area contributed by atoms with E-state index >= 15 is 0 Å². The average Bonchev–Trinajstić information content (AvgIpc) is 3.25. The van der Waals surface area contributed by atoms with Gasteiger partial charge >= 0.3 is 6.09 Å². The van der Waals surface area contributed by atoms with Crippen molar-refractivity contribution in [3.63, 3.8) is 0 Å². The van der Waals surface area contributed by atoms with Crippen molar-refractivity contribution in [1.82, 2.24) is 9.88 Å². The molecule has 31 heavy (non-hydrogen) atoms. The molecule has 0 spiro atoms. The number of carboxylic acid groups (broad SMARTS) is 1. The summed E-state index contributed by atoms with van der Waals surface area (Å²) >= 11 is 0. The molecule has 0 fully saturated rings. The second kappa shape index (κ2) is 7.83. The SMILES string of the molecule is COc1ccncc1-c1ccc(CC2c3cc4c(cc3CCN2C(=O)O)OCO4)cc1. The fourth-order valence-corrected chi connectivity index (χ4v) is 4.36. The molecule has 7 heteroatoms. The van der Waals surface area contributed by atoms with E-state index < -0.39 is 6.09 Å². The minimum atomic E-state index is -0.912. The maximum Gasteiger partial charge on any atom is 0.407 e. The van der Waals surface area contributed by atoms with Gasteiger partial charge in [-0.25, -0.2) is 4.79 Å². The Labute approximate surface area is 179 Å². The maximum absolute atomic E-state index is 12.0. The van der Waals surface area contributed by atoms with Crippen molar-refractivity contribution >= 4 is 6.09 Å². The molecule has 1 unspecified atom stereocenters. The predicted molar refractivity (Wildman–Crippen MR) is 114 cm³/mol. The van der Waals surface area contributed by atoms with E-state index in [9.17, 15) is 9.90 Å². The van der Waals surface area contributed by atoms with Gasteiger partial charge in [0.2, 0.25) is 6.79 Å². The normalized spacial score (nSPS) is 16.7. The number of fused-ring (bicyclic) bond motifs is 2. The highest BCUT2D eigenvalue weighted by molar-refractivity contribution is 5.70. The van der Waals surface area contributed by atoms with Crippen LogP contribution in [0.3, 0.4) is 0 Å². The van der Waals surface area contributed by atoms with Crippen molar-refractivity contribution in [2.45, 2.75) is 18.9 Å². The number of rotatable bonds is 4. The summed E-state index contributed by atoms with van der Waals surface area (Å²) in [4.78, 5) is 17.7. The zero-order valence-corrected chi connectivity index (χ0v) is 17.1. The summed E-state index contributed by atoms with van der Waals surface area (Å²) in [6, 6.07) is 13.6. The number of aromatic nitrogens is 1. The van der Waals surface area contributed by atoms with Gasteiger partial charge in [0.1, 0.15) is 5.75 Å². The fraction of sp³-hybridized carbons (Fsp3) is 0.250. The van der Waals surface area contributed by atoms with Crippen LogP contribution in [0.4, 0.5) is 4.79 Å². The number of ether oxygens (including phenoxy) is 3. The van der Waals surface area contributed by atoms with E-state index in [1.54, 1.807) is 19.5 Å². The molecule has 2 aromatic carbocycles. The van der Waals surface area contributed by atoms with Crippen molar-refractivity contribution in [1.29, 1.82) is 0 Å². The Hall–Kier alpha value is -3.74. The Bertz CT molecular complexity index is 1130. The predicted octanol–water partition coefficient (Wildman–Crippen LogP) is 4.31. The molecule has 1 amide bonds. The number of benzene rings is 2. The van der Waals surface area contributed by atoms with Crippen molar-refractivity contribution < 1.29 is 24.1 Å². The third kappa shape index (κ3) is 3.52. The first-order chi connectivity index (χ1) is 15.1. The first-order valence-electron chi connectivity index (χ1n) is 10.1. The molecule has 3 aromatic rings. The van der Waals surface area contributed by atoms with Gasteiger partial charge in [0.15, 0.2) is 11.5 Å². The highest BCUT2D eigenvalue weighted by Gasteiger charge is 2.33. The monoisotopic (exact) mass is 418 g/mol. The number of amides is 1. The molecule has 7 nitrogen and oxygen atoms in total. The number of pyridine rings is 1. The number of carbonyl (C=O) groups is 1. The minimum Gasteiger partial charge on any atom is -0.496 e. The lowest BCUT2D eigenvalue weighted by Crippen LogP contribution is -2.40. The van der Waals surface area contributed by atoms with Crippen LogP contribution in [0.1, 0.15) is 22.7 Å². The Morgan fingerprint density at radius 3 is 2.71 bits per heavy atom. The van der Waals surface area contributed by atoms with Crippen molar-refractivity contribution in [3.05, 3.63) is 71.5 Å². The van der Waals surface area contributed by atoms with Crippen LogP contribution in [-0.4, -0.2) is 41.5 Å². The van der Waals surface area contributed by atoms with E-state index in [0.29, 0.717) is 25.1 Å². The van der Waals surface area contributed by atoms with Crippen LogP contribution >= 0.6 is 0 Å². The summed E-state index contributed by atoms with van der Waals surface area (Å²) in [5.74, 6) is 2.17. The van der Waals surface area contributed by atoms with E-state index in [0.717, 1.165) is 39.3 Å². The van der Waals surface area contributed by atoms with Crippen LogP contribution in [0.25, 0.3) is 11.1 Å². The van der Waals surface area contributed by atoms with E-state index in [4.69, 9.17) is 14.2 Å². The molecule has 2 aliphatic heterocycles. The summed E-state index contributed by atoms with van der Waals surface area (Å²) in [5.41, 5.74) is 5.06. The molecule has 5 rings (SSSR count). The summed E-state index contributed by atoms with van der Waals surface area (Å²) in [6.45, 7) is 0.655. The molecule has 0 saturated carbocycles. The van der Waals surface area contributed by atoms with Crippen LogP contribution in [0.2, 0.25) is 0 Å². The smallest absolute Gasteiger partial charge is 0.407 e. The molecule has 1 aromatic heterocycles. The Kier molecular flexibility index (Phi) is 4.86. The van der Waals surface area contributed by atoms with E-state index in [1.807, 2.05) is 42.5 Å². The second-order valence-corrected chi connectivity index (χ2v) is 7.62. The zero-order chi connectivity index (χ0) is 21.4. The van der Waals surface area contributed by atoms with Crippen LogP contribution < -0.4 is 14.2 Å². The Morgan fingerprint density at radius 2 is 1.97 bits per heavy atom. The van der Waals surface area contributed by atoms with Crippen molar-refractivity contribution in [3.8, 4) is 28.4 Å². The quantitative estimate of drug-likeness (QED) is 0.680. The van der Waals surface area contributed by atoms with Gasteiger partial charge in [0.05, 0.1) is 13.2 Å². The number of hydrogen-bond acceptors (Lipinski definition) is 5. The molecule has 158 valence electrons. The van der Waals surface area contributed by atoms with E-state index in [1.165, 1.54) is 4.90 Å². The van der Waals surface area contributed by atoms with Gasteiger partial charge in [-0.15, -0.1) is 0 Å². The standard InChI is InChI=1S/C24H22N2O5/c1-29-21-6-8-25-13-19(21)16-4-2-15(3-5-16)10-20-18-12-23-22(30-14-31-23)11-17(18)7-9-26(20)24(27)28/h2-6,8,11-13,20H,7,9-10,14H2,1H3,(H,27,28). The first kappa shape index (κ1) is 19.2. The maximum atomic E-state index is 12.0. The number of nitrogens with zero attached hydrogens (tertiary/aromatic N) is 2. The second-order valence-electron chi connectivity index (χ2n) is 7.62. The van der Waals surface area contributed by atoms with Gasteiger partial charge in [-0.1, -0.05) is 24.3 Å². The Balaban J connectivity index is 1.46. The van der Waals surface area contributed by atoms with Gasteiger partial charge in [-0.05, 0) is 53.3 Å². The summed E-state index contributed by atoms with van der Waals surface area (Å²) in [7, 11) is 1.64. The fourth-order valence-electron chi connectivity index (χ4n) is 4.36. The largest absolute Gasteiger partial charge is 0.496 e. The van der Waals surface area contributed by atoms with E-state index in [2.05, 4.69) is 4.98 Å². The lowest BCUT2D eigenvalue weighted by Gasteiger charge is -2.35. The molecule has 1 atom stereocenters. The molecular formula is C24H22N2O5. The molecule has 3 heterocycles. The van der Waals surface area contributed by atoms with Crippen LogP contribution in [0.15, 0.2) is 54.9 Å². The lowest BCUT2D eigenvalue weighted by atomic mass is 9.88. The third-order valence-corrected chi connectivity index (χ3v) is 5.93. The molecule has 0 bridgehead atoms. The topological polar surface area (TPSA) is 81.1 Å². The van der Waals surface area contributed by atoms with Crippen LogP contribution in [0.5, 0.6) is 17.2 Å². The van der Waals surface area contributed by atoms with Crippen LogP contribution in [0, 0.1) is 0 Å². The lowest BCUT2D eigenvalue weighted by molar-refractivity contribution is 0.119. The average molecular weight is 418 g/mol. The molecule has 0 radical (unpaired) electrons. The molecule has 0 aliphatic carbocycles. The van der Waals surface area contributed by atoms with Gasteiger partial charge in [-0.2, -0.15) is 0 Å². The highest BCUT2D eigenvalue weighted by atomic mass is 16.7. The summed E-state index contributed by atoms with van der Waals surface area (Å²) in [6.07, 6.45) is 3.80. The van der Waals surface area contributed by atoms with E-state index in [-0.39, 0.29) is 12.8 Å². The summed E-state index contributed by atoms with van der Waals surface area (Å²) in [5, 5.41) is 9.81. The minimum absolute atomic E-state index is 0.199. The number of hydrogen-bond donors (Lipinski definition) is 1. The third-order valence-electron chi connectivity index (χ3n) is 5.93. The first-order valence-corrected chi connectivity index (χ1v) is 10.1. The highest BCUT2D eigenvalue weighted by Crippen LogP contribution is 2.41. The molecule has 1 N–H and O–H groups in total. The zero-order valence-electron chi connectivity index (χ0n) is 17.1. The van der Waals surface area contributed by atoms with Gasteiger partial charge in [0, 0.05) is 24.5 Å². The number of methoxy groups -OCH3 is 1. The summed E-state index contributed by atoms with van der Waals surface area (Å²) < 4.78 is 16.5. The van der Waals surface area contributed by atoms with Gasteiger partial charge in [-0.3, -0.25) is 4.98 Å². The van der Waals surface area contributed by atoms with Crippen molar-refractivity contribution in [2.75, 3.05) is 20.4 Å². The van der Waals surface area contributed by atoms with Gasteiger partial charge < -0.3 is 24.2 Å². The van der Waals surface area contributed by atoms with Gasteiger partial charge in [0.25, 0.3) is 0 Å². The molecular weight excluding hydrogens is 396 g/mol. The Morgan fingerprint density at radius 1 is 1.19 bits per heavy atom. The molecule has 0 saturated heterocycles. The van der Waals surface area contributed by atoms with Crippen LogP contribution in [-0.2, 0) is 12.8 Å².